The highest BCUT2D eigenvalue weighted by Gasteiger charge is 2.10. The second kappa shape index (κ2) is 8.08. The fraction of sp³-hybridized carbons (Fsp3) is 0.350. The summed E-state index contributed by atoms with van der Waals surface area (Å²) in [4.78, 5) is 14.6. The minimum absolute atomic E-state index is 0.0765. The molecule has 2 aromatic carbocycles. The molecule has 0 atom stereocenters. The van der Waals surface area contributed by atoms with Gasteiger partial charge in [0.05, 0.1) is 6.61 Å². The van der Waals surface area contributed by atoms with E-state index in [0.717, 1.165) is 50.5 Å². The molecule has 1 fully saturated rings. The molecule has 0 spiro atoms. The number of nitrogens with one attached hydrogen (secondary N) is 1. The molecule has 0 unspecified atom stereocenters. The van der Waals surface area contributed by atoms with Crippen molar-refractivity contribution < 1.29 is 9.53 Å². The highest BCUT2D eigenvalue weighted by molar-refractivity contribution is 6.04. The molecule has 0 aliphatic carbocycles. The zero-order chi connectivity index (χ0) is 16.8. The molecule has 0 aromatic heterocycles. The Labute approximate surface area is 143 Å². The van der Waals surface area contributed by atoms with Crippen LogP contribution in [-0.4, -0.2) is 37.1 Å². The minimum atomic E-state index is -0.0765. The second-order valence-corrected chi connectivity index (χ2v) is 6.26. The van der Waals surface area contributed by atoms with Crippen LogP contribution in [0.1, 0.15) is 27.9 Å². The first-order valence-corrected chi connectivity index (χ1v) is 8.48. The van der Waals surface area contributed by atoms with Crippen molar-refractivity contribution in [1.29, 1.82) is 0 Å². The first kappa shape index (κ1) is 16.7. The molecule has 3 rings (SSSR count). The number of rotatable bonds is 4. The van der Waals surface area contributed by atoms with Crippen LogP contribution < -0.4 is 5.32 Å². The molecule has 1 aliphatic heterocycles. The Hall–Kier alpha value is -2.17. The number of carbonyl (C=O) groups is 1. The third-order valence-electron chi connectivity index (χ3n) is 4.25. The van der Waals surface area contributed by atoms with Crippen LogP contribution in [0.2, 0.25) is 0 Å². The van der Waals surface area contributed by atoms with E-state index in [0.29, 0.717) is 5.56 Å². The standard InChI is InChI=1S/C20H24N2O2/c1-16-3-7-18(8-4-16)20(23)21-19-9-5-17(6-10-19)15-22-11-2-13-24-14-12-22/h3-10H,2,11-15H2,1H3,(H,21,23). The first-order valence-electron chi connectivity index (χ1n) is 8.48. The molecular formula is C20H24N2O2. The van der Waals surface area contributed by atoms with Crippen molar-refractivity contribution in [3.05, 3.63) is 65.2 Å². The highest BCUT2D eigenvalue weighted by Crippen LogP contribution is 2.14. The van der Waals surface area contributed by atoms with Gasteiger partial charge in [0, 0.05) is 37.5 Å². The van der Waals surface area contributed by atoms with Gasteiger partial charge < -0.3 is 10.1 Å². The predicted molar refractivity (Wildman–Crippen MR) is 96.3 cm³/mol. The summed E-state index contributed by atoms with van der Waals surface area (Å²) in [6.45, 7) is 6.66. The van der Waals surface area contributed by atoms with Crippen LogP contribution in [0.3, 0.4) is 0 Å². The number of ether oxygens (including phenoxy) is 1. The highest BCUT2D eigenvalue weighted by atomic mass is 16.5. The van der Waals surface area contributed by atoms with Crippen LogP contribution in [-0.2, 0) is 11.3 Å². The number of amides is 1. The Morgan fingerprint density at radius 2 is 1.79 bits per heavy atom. The van der Waals surface area contributed by atoms with Gasteiger partial charge in [0.25, 0.3) is 5.91 Å². The van der Waals surface area contributed by atoms with E-state index in [9.17, 15) is 4.79 Å². The summed E-state index contributed by atoms with van der Waals surface area (Å²) < 4.78 is 5.49. The van der Waals surface area contributed by atoms with Gasteiger partial charge in [-0.3, -0.25) is 9.69 Å². The summed E-state index contributed by atoms with van der Waals surface area (Å²) >= 11 is 0. The Bertz CT molecular complexity index is 657. The molecule has 1 amide bonds. The maximum absolute atomic E-state index is 12.2. The molecule has 4 heteroatoms. The van der Waals surface area contributed by atoms with E-state index in [1.54, 1.807) is 0 Å². The number of hydrogen-bond acceptors (Lipinski definition) is 3. The van der Waals surface area contributed by atoms with E-state index in [-0.39, 0.29) is 5.91 Å². The third kappa shape index (κ3) is 4.66. The van der Waals surface area contributed by atoms with Crippen molar-refractivity contribution in [2.24, 2.45) is 0 Å². The van der Waals surface area contributed by atoms with E-state index < -0.39 is 0 Å². The average Bonchev–Trinajstić information content (AvgIpc) is 2.86. The van der Waals surface area contributed by atoms with E-state index in [2.05, 4.69) is 22.3 Å². The largest absolute Gasteiger partial charge is 0.380 e. The summed E-state index contributed by atoms with van der Waals surface area (Å²) in [5, 5.41) is 2.95. The molecule has 1 heterocycles. The maximum Gasteiger partial charge on any atom is 0.255 e. The van der Waals surface area contributed by atoms with Crippen molar-refractivity contribution >= 4 is 11.6 Å². The Morgan fingerprint density at radius 1 is 1.04 bits per heavy atom. The van der Waals surface area contributed by atoms with E-state index in [1.165, 1.54) is 5.56 Å². The lowest BCUT2D eigenvalue weighted by molar-refractivity contribution is 0.102. The SMILES string of the molecule is Cc1ccc(C(=O)Nc2ccc(CN3CCCOCC3)cc2)cc1. The number of aryl methyl sites for hydroxylation is 1. The van der Waals surface area contributed by atoms with Crippen molar-refractivity contribution in [3.8, 4) is 0 Å². The van der Waals surface area contributed by atoms with Crippen molar-refractivity contribution in [2.45, 2.75) is 19.9 Å². The number of carbonyl (C=O) groups excluding carboxylic acids is 1. The fourth-order valence-corrected chi connectivity index (χ4v) is 2.82. The zero-order valence-corrected chi connectivity index (χ0v) is 14.1. The maximum atomic E-state index is 12.2. The normalized spacial score (nSPS) is 15.7. The lowest BCUT2D eigenvalue weighted by atomic mass is 10.1. The van der Waals surface area contributed by atoms with Crippen LogP contribution in [0.5, 0.6) is 0 Å². The first-order chi connectivity index (χ1) is 11.7. The van der Waals surface area contributed by atoms with Gasteiger partial charge in [-0.25, -0.2) is 0 Å². The lowest BCUT2D eigenvalue weighted by Crippen LogP contribution is -2.25. The molecule has 1 aliphatic rings. The summed E-state index contributed by atoms with van der Waals surface area (Å²) in [6, 6.07) is 15.7. The third-order valence-corrected chi connectivity index (χ3v) is 4.25. The molecule has 0 bridgehead atoms. The molecule has 1 saturated heterocycles. The molecule has 0 radical (unpaired) electrons. The van der Waals surface area contributed by atoms with E-state index in [4.69, 9.17) is 4.74 Å². The van der Waals surface area contributed by atoms with Gasteiger partial charge in [-0.2, -0.15) is 0 Å². The Kier molecular flexibility index (Phi) is 5.62. The monoisotopic (exact) mass is 324 g/mol. The molecule has 0 saturated carbocycles. The van der Waals surface area contributed by atoms with Gasteiger partial charge in [0.15, 0.2) is 0 Å². The topological polar surface area (TPSA) is 41.6 Å². The van der Waals surface area contributed by atoms with Crippen molar-refractivity contribution in [2.75, 3.05) is 31.6 Å². The van der Waals surface area contributed by atoms with Crippen LogP contribution in [0.15, 0.2) is 48.5 Å². The number of nitrogens with zero attached hydrogens (tertiary/aromatic N) is 1. The van der Waals surface area contributed by atoms with Crippen molar-refractivity contribution in [1.82, 2.24) is 4.90 Å². The lowest BCUT2D eigenvalue weighted by Gasteiger charge is -2.19. The number of anilines is 1. The van der Waals surface area contributed by atoms with Crippen LogP contribution in [0.4, 0.5) is 5.69 Å². The smallest absolute Gasteiger partial charge is 0.255 e. The van der Waals surface area contributed by atoms with Crippen LogP contribution in [0.25, 0.3) is 0 Å². The Morgan fingerprint density at radius 3 is 2.54 bits per heavy atom. The van der Waals surface area contributed by atoms with Gasteiger partial charge in [-0.1, -0.05) is 29.8 Å². The second-order valence-electron chi connectivity index (χ2n) is 6.26. The van der Waals surface area contributed by atoms with Gasteiger partial charge in [0.1, 0.15) is 0 Å². The molecule has 24 heavy (non-hydrogen) atoms. The fourth-order valence-electron chi connectivity index (χ4n) is 2.82. The van der Waals surface area contributed by atoms with Crippen LogP contribution in [0, 0.1) is 6.92 Å². The quantitative estimate of drug-likeness (QED) is 0.936. The average molecular weight is 324 g/mol. The summed E-state index contributed by atoms with van der Waals surface area (Å²) in [5.41, 5.74) is 3.90. The summed E-state index contributed by atoms with van der Waals surface area (Å²) in [5.74, 6) is -0.0765. The van der Waals surface area contributed by atoms with Crippen molar-refractivity contribution in [3.63, 3.8) is 0 Å². The molecule has 1 N–H and O–H groups in total. The molecule has 126 valence electrons. The van der Waals surface area contributed by atoms with Gasteiger partial charge in [-0.05, 0) is 43.2 Å². The van der Waals surface area contributed by atoms with E-state index in [1.807, 2.05) is 43.3 Å². The Balaban J connectivity index is 1.57. The van der Waals surface area contributed by atoms with E-state index >= 15 is 0 Å². The van der Waals surface area contributed by atoms with Gasteiger partial charge >= 0.3 is 0 Å². The van der Waals surface area contributed by atoms with Gasteiger partial charge in [0.2, 0.25) is 0 Å². The zero-order valence-electron chi connectivity index (χ0n) is 14.1. The summed E-state index contributed by atoms with van der Waals surface area (Å²) in [6.07, 6.45) is 1.09. The van der Waals surface area contributed by atoms with Gasteiger partial charge in [-0.15, -0.1) is 0 Å². The summed E-state index contributed by atoms with van der Waals surface area (Å²) in [7, 11) is 0. The molecule has 4 nitrogen and oxygen atoms in total. The predicted octanol–water partition coefficient (Wildman–Crippen LogP) is 3.47. The number of hydrogen-bond donors (Lipinski definition) is 1. The molecule has 2 aromatic rings. The number of benzene rings is 2. The van der Waals surface area contributed by atoms with Crippen LogP contribution >= 0.6 is 0 Å². The molecular weight excluding hydrogens is 300 g/mol. The minimum Gasteiger partial charge on any atom is -0.380 e.